The number of nitrogens with one attached hydrogen (secondary N) is 1. The first-order valence-corrected chi connectivity index (χ1v) is 5.09. The van der Waals surface area contributed by atoms with E-state index in [1.165, 1.54) is 0 Å². The SMILES string of the molecule is OCCOCCNCc1nccs1. The predicted octanol–water partition coefficient (Wildman–Crippen LogP) is 0.242. The number of aliphatic hydroxyl groups excluding tert-OH is 1. The van der Waals surface area contributed by atoms with Gasteiger partial charge in [0.15, 0.2) is 0 Å². The minimum Gasteiger partial charge on any atom is -0.394 e. The van der Waals surface area contributed by atoms with Crippen molar-refractivity contribution in [2.45, 2.75) is 6.54 Å². The molecule has 0 saturated heterocycles. The highest BCUT2D eigenvalue weighted by atomic mass is 32.1. The Balaban J connectivity index is 1.90. The van der Waals surface area contributed by atoms with Crippen molar-refractivity contribution in [3.05, 3.63) is 16.6 Å². The zero-order chi connectivity index (χ0) is 9.36. The molecule has 1 heterocycles. The van der Waals surface area contributed by atoms with E-state index in [1.54, 1.807) is 17.5 Å². The van der Waals surface area contributed by atoms with Crippen LogP contribution in [0.4, 0.5) is 0 Å². The van der Waals surface area contributed by atoms with E-state index in [9.17, 15) is 0 Å². The Kier molecular flexibility index (Phi) is 5.67. The maximum atomic E-state index is 8.42. The van der Waals surface area contributed by atoms with Crippen LogP contribution in [0.3, 0.4) is 0 Å². The van der Waals surface area contributed by atoms with Gasteiger partial charge in [0.1, 0.15) is 5.01 Å². The predicted molar refractivity (Wildman–Crippen MR) is 51.7 cm³/mol. The Hall–Kier alpha value is -0.490. The minimum absolute atomic E-state index is 0.0898. The summed E-state index contributed by atoms with van der Waals surface area (Å²) in [5.41, 5.74) is 0. The fourth-order valence-electron chi connectivity index (χ4n) is 0.847. The summed E-state index contributed by atoms with van der Waals surface area (Å²) >= 11 is 1.64. The lowest BCUT2D eigenvalue weighted by atomic mass is 10.6. The molecule has 2 N–H and O–H groups in total. The van der Waals surface area contributed by atoms with Crippen molar-refractivity contribution in [3.8, 4) is 0 Å². The second kappa shape index (κ2) is 6.97. The third kappa shape index (κ3) is 4.94. The van der Waals surface area contributed by atoms with Crippen molar-refractivity contribution in [2.75, 3.05) is 26.4 Å². The van der Waals surface area contributed by atoms with Crippen LogP contribution in [0, 0.1) is 0 Å². The zero-order valence-electron chi connectivity index (χ0n) is 7.40. The number of rotatable bonds is 7. The number of nitrogens with zero attached hydrogens (tertiary/aromatic N) is 1. The van der Waals surface area contributed by atoms with Crippen molar-refractivity contribution in [2.24, 2.45) is 0 Å². The van der Waals surface area contributed by atoms with Gasteiger partial charge >= 0.3 is 0 Å². The molecule has 1 aromatic heterocycles. The quantitative estimate of drug-likeness (QED) is 0.622. The molecule has 13 heavy (non-hydrogen) atoms. The molecule has 0 unspecified atom stereocenters. The summed E-state index contributed by atoms with van der Waals surface area (Å²) in [6.07, 6.45) is 1.80. The topological polar surface area (TPSA) is 54.4 Å². The summed E-state index contributed by atoms with van der Waals surface area (Å²) in [5, 5.41) is 14.7. The van der Waals surface area contributed by atoms with Crippen LogP contribution < -0.4 is 5.32 Å². The first-order valence-electron chi connectivity index (χ1n) is 4.21. The molecule has 1 rings (SSSR count). The average molecular weight is 202 g/mol. The van der Waals surface area contributed by atoms with Crippen LogP contribution >= 0.6 is 11.3 Å². The molecule has 4 nitrogen and oxygen atoms in total. The summed E-state index contributed by atoms with van der Waals surface area (Å²) in [7, 11) is 0. The molecule has 0 aliphatic heterocycles. The van der Waals surface area contributed by atoms with Crippen LogP contribution in [0.5, 0.6) is 0 Å². The first-order chi connectivity index (χ1) is 6.43. The zero-order valence-corrected chi connectivity index (χ0v) is 8.22. The second-order valence-corrected chi connectivity index (χ2v) is 3.42. The fourth-order valence-corrected chi connectivity index (χ4v) is 1.43. The molecule has 0 fully saturated rings. The van der Waals surface area contributed by atoms with Crippen LogP contribution in [-0.4, -0.2) is 36.5 Å². The number of hydrogen-bond donors (Lipinski definition) is 2. The van der Waals surface area contributed by atoms with Gasteiger partial charge in [0.2, 0.25) is 0 Å². The maximum Gasteiger partial charge on any atom is 0.106 e. The van der Waals surface area contributed by atoms with E-state index < -0.39 is 0 Å². The number of aliphatic hydroxyl groups is 1. The lowest BCUT2D eigenvalue weighted by Crippen LogP contribution is -2.19. The number of ether oxygens (including phenoxy) is 1. The highest BCUT2D eigenvalue weighted by molar-refractivity contribution is 7.09. The first kappa shape index (κ1) is 10.6. The standard InChI is InChI=1S/C8H14N2O2S/c11-3-5-12-4-1-9-7-8-10-2-6-13-8/h2,6,9,11H,1,3-5,7H2. The van der Waals surface area contributed by atoms with E-state index in [-0.39, 0.29) is 6.61 Å². The van der Waals surface area contributed by atoms with Crippen molar-refractivity contribution in [1.82, 2.24) is 10.3 Å². The van der Waals surface area contributed by atoms with Gasteiger partial charge in [0, 0.05) is 24.7 Å². The van der Waals surface area contributed by atoms with Gasteiger partial charge < -0.3 is 15.2 Å². The Morgan fingerprint density at radius 2 is 2.46 bits per heavy atom. The van der Waals surface area contributed by atoms with Gasteiger partial charge in [-0.3, -0.25) is 0 Å². The van der Waals surface area contributed by atoms with E-state index in [0.717, 1.165) is 18.1 Å². The van der Waals surface area contributed by atoms with Crippen molar-refractivity contribution in [1.29, 1.82) is 0 Å². The van der Waals surface area contributed by atoms with Crippen molar-refractivity contribution in [3.63, 3.8) is 0 Å². The van der Waals surface area contributed by atoms with E-state index in [1.807, 2.05) is 5.38 Å². The molecule has 5 heteroatoms. The molecular weight excluding hydrogens is 188 g/mol. The molecule has 0 spiro atoms. The van der Waals surface area contributed by atoms with Crippen molar-refractivity contribution >= 4 is 11.3 Å². The largest absolute Gasteiger partial charge is 0.394 e. The Morgan fingerprint density at radius 1 is 1.54 bits per heavy atom. The summed E-state index contributed by atoms with van der Waals surface area (Å²) in [5.74, 6) is 0. The number of aromatic nitrogens is 1. The van der Waals surface area contributed by atoms with E-state index in [2.05, 4.69) is 10.3 Å². The Bertz CT molecular complexity index is 204. The number of thiazole rings is 1. The molecule has 0 bridgehead atoms. The lowest BCUT2D eigenvalue weighted by molar-refractivity contribution is 0.0938. The monoisotopic (exact) mass is 202 g/mol. The molecule has 0 aromatic carbocycles. The third-order valence-corrected chi connectivity index (χ3v) is 2.20. The summed E-state index contributed by atoms with van der Waals surface area (Å²) in [6.45, 7) is 2.72. The normalized spacial score (nSPS) is 10.5. The van der Waals surface area contributed by atoms with Gasteiger partial charge in [-0.25, -0.2) is 4.98 Å². The Labute approximate surface area is 81.6 Å². The highest BCUT2D eigenvalue weighted by Crippen LogP contribution is 2.01. The number of hydrogen-bond acceptors (Lipinski definition) is 5. The van der Waals surface area contributed by atoms with Gasteiger partial charge in [-0.1, -0.05) is 0 Å². The molecule has 0 radical (unpaired) electrons. The van der Waals surface area contributed by atoms with Crippen LogP contribution in [0.25, 0.3) is 0 Å². The molecule has 1 aromatic rings. The Morgan fingerprint density at radius 3 is 3.15 bits per heavy atom. The molecule has 0 aliphatic carbocycles. The van der Waals surface area contributed by atoms with Crippen LogP contribution in [0.15, 0.2) is 11.6 Å². The van der Waals surface area contributed by atoms with Gasteiger partial charge in [-0.05, 0) is 0 Å². The highest BCUT2D eigenvalue weighted by Gasteiger charge is 1.93. The maximum absolute atomic E-state index is 8.42. The molecular formula is C8H14N2O2S. The van der Waals surface area contributed by atoms with Gasteiger partial charge in [-0.15, -0.1) is 11.3 Å². The van der Waals surface area contributed by atoms with Gasteiger partial charge in [0.05, 0.1) is 19.8 Å². The molecule has 0 aliphatic rings. The molecule has 0 saturated carbocycles. The molecule has 74 valence electrons. The summed E-state index contributed by atoms with van der Waals surface area (Å²) < 4.78 is 5.07. The average Bonchev–Trinajstić information content (AvgIpc) is 2.63. The fraction of sp³-hybridized carbons (Fsp3) is 0.625. The molecule has 0 atom stereocenters. The molecule has 0 amide bonds. The summed E-state index contributed by atoms with van der Waals surface area (Å²) in [6, 6.07) is 0. The smallest absolute Gasteiger partial charge is 0.106 e. The van der Waals surface area contributed by atoms with Crippen LogP contribution in [0.2, 0.25) is 0 Å². The van der Waals surface area contributed by atoms with Crippen LogP contribution in [-0.2, 0) is 11.3 Å². The third-order valence-electron chi connectivity index (χ3n) is 1.42. The van der Waals surface area contributed by atoms with E-state index in [0.29, 0.717) is 13.2 Å². The minimum atomic E-state index is 0.0898. The van der Waals surface area contributed by atoms with E-state index in [4.69, 9.17) is 9.84 Å². The summed E-state index contributed by atoms with van der Waals surface area (Å²) in [4.78, 5) is 4.13. The lowest BCUT2D eigenvalue weighted by Gasteiger charge is -2.02. The van der Waals surface area contributed by atoms with Gasteiger partial charge in [0.25, 0.3) is 0 Å². The van der Waals surface area contributed by atoms with E-state index >= 15 is 0 Å². The van der Waals surface area contributed by atoms with Crippen LogP contribution in [0.1, 0.15) is 5.01 Å². The second-order valence-electron chi connectivity index (χ2n) is 2.44. The van der Waals surface area contributed by atoms with Gasteiger partial charge in [-0.2, -0.15) is 0 Å². The van der Waals surface area contributed by atoms with Crippen molar-refractivity contribution < 1.29 is 9.84 Å².